The first-order valence-electron chi connectivity index (χ1n) is 6.15. The molecule has 0 spiro atoms. The fourth-order valence-electron chi connectivity index (χ4n) is 2.17. The smallest absolute Gasteiger partial charge is 0.246 e. The van der Waals surface area contributed by atoms with Crippen LogP contribution in [0.15, 0.2) is 23.1 Å². The van der Waals surface area contributed by atoms with Crippen molar-refractivity contribution in [3.8, 4) is 0 Å². The van der Waals surface area contributed by atoms with Gasteiger partial charge < -0.3 is 5.32 Å². The molecule has 19 heavy (non-hydrogen) atoms. The van der Waals surface area contributed by atoms with Gasteiger partial charge in [-0.1, -0.05) is 6.07 Å². The van der Waals surface area contributed by atoms with E-state index in [2.05, 4.69) is 10.0 Å². The minimum Gasteiger partial charge on any atom is -0.316 e. The fraction of sp³-hybridized carbons (Fsp3) is 0.500. The Balaban J connectivity index is 2.01. The van der Waals surface area contributed by atoms with Gasteiger partial charge in [0.2, 0.25) is 10.0 Å². The highest BCUT2D eigenvalue weighted by atomic mass is 32.2. The van der Waals surface area contributed by atoms with Gasteiger partial charge >= 0.3 is 0 Å². The average Bonchev–Trinajstić information content (AvgIpc) is 2.81. The molecular formula is C12H16F2N2O2S. The molecule has 4 nitrogen and oxygen atoms in total. The van der Waals surface area contributed by atoms with Crippen molar-refractivity contribution in [3.05, 3.63) is 29.8 Å². The molecule has 0 amide bonds. The highest BCUT2D eigenvalue weighted by Gasteiger charge is 2.24. The summed E-state index contributed by atoms with van der Waals surface area (Å²) in [5.74, 6) is -1.74. The van der Waals surface area contributed by atoms with Gasteiger partial charge in [-0.15, -0.1) is 0 Å². The van der Waals surface area contributed by atoms with Crippen LogP contribution in [0.2, 0.25) is 0 Å². The van der Waals surface area contributed by atoms with Crippen LogP contribution in [-0.2, 0) is 10.0 Å². The van der Waals surface area contributed by atoms with Crippen LogP contribution in [0.1, 0.15) is 12.8 Å². The van der Waals surface area contributed by atoms with Crippen LogP contribution in [-0.4, -0.2) is 28.1 Å². The molecule has 0 aromatic heterocycles. The van der Waals surface area contributed by atoms with Crippen molar-refractivity contribution in [2.75, 3.05) is 19.6 Å². The Morgan fingerprint density at radius 2 is 2.00 bits per heavy atom. The van der Waals surface area contributed by atoms with Gasteiger partial charge in [0, 0.05) is 6.54 Å². The molecule has 7 heteroatoms. The third kappa shape index (κ3) is 3.49. The molecule has 0 unspecified atom stereocenters. The van der Waals surface area contributed by atoms with Crippen LogP contribution in [0.3, 0.4) is 0 Å². The molecule has 2 rings (SSSR count). The molecule has 0 saturated carbocycles. The zero-order chi connectivity index (χ0) is 13.9. The quantitative estimate of drug-likeness (QED) is 0.858. The summed E-state index contributed by atoms with van der Waals surface area (Å²) < 4.78 is 52.7. The first-order valence-corrected chi connectivity index (χ1v) is 7.63. The van der Waals surface area contributed by atoms with E-state index in [1.807, 2.05) is 0 Å². The zero-order valence-electron chi connectivity index (χ0n) is 10.3. The van der Waals surface area contributed by atoms with E-state index >= 15 is 0 Å². The Hall–Kier alpha value is -1.05. The molecule has 0 aliphatic carbocycles. The van der Waals surface area contributed by atoms with E-state index in [9.17, 15) is 17.2 Å². The maximum atomic E-state index is 13.4. The molecule has 1 aliphatic heterocycles. The first kappa shape index (κ1) is 14.4. The second-order valence-corrected chi connectivity index (χ2v) is 6.30. The lowest BCUT2D eigenvalue weighted by Gasteiger charge is -2.11. The monoisotopic (exact) mass is 290 g/mol. The fourth-order valence-corrected chi connectivity index (χ4v) is 3.35. The van der Waals surface area contributed by atoms with Gasteiger partial charge in [0.25, 0.3) is 0 Å². The Kier molecular flexibility index (Phi) is 4.49. The van der Waals surface area contributed by atoms with Crippen molar-refractivity contribution in [1.29, 1.82) is 0 Å². The number of rotatable bonds is 5. The summed E-state index contributed by atoms with van der Waals surface area (Å²) in [6.45, 7) is 1.97. The molecule has 0 bridgehead atoms. The molecule has 2 N–H and O–H groups in total. The highest BCUT2D eigenvalue weighted by molar-refractivity contribution is 7.89. The van der Waals surface area contributed by atoms with Gasteiger partial charge in [0.1, 0.15) is 11.6 Å². The van der Waals surface area contributed by atoms with E-state index in [0.29, 0.717) is 12.3 Å². The summed E-state index contributed by atoms with van der Waals surface area (Å²) in [5, 5.41) is 3.17. The van der Waals surface area contributed by atoms with Crippen molar-refractivity contribution in [3.63, 3.8) is 0 Å². The number of halogens is 2. The largest absolute Gasteiger partial charge is 0.316 e. The lowest BCUT2D eigenvalue weighted by Crippen LogP contribution is -2.28. The molecule has 1 fully saturated rings. The Morgan fingerprint density at radius 1 is 1.32 bits per heavy atom. The summed E-state index contributed by atoms with van der Waals surface area (Å²) >= 11 is 0. The molecule has 1 heterocycles. The van der Waals surface area contributed by atoms with Crippen molar-refractivity contribution in [2.24, 2.45) is 5.92 Å². The SMILES string of the molecule is O=S(=O)(NCC[C@H]1CCNC1)c1c(F)cccc1F. The second kappa shape index (κ2) is 5.94. The minimum absolute atomic E-state index is 0.183. The maximum Gasteiger partial charge on any atom is 0.246 e. The predicted octanol–water partition coefficient (Wildman–Crippen LogP) is 1.24. The highest BCUT2D eigenvalue weighted by Crippen LogP contribution is 2.18. The molecular weight excluding hydrogens is 274 g/mol. The van der Waals surface area contributed by atoms with Gasteiger partial charge in [-0.3, -0.25) is 0 Å². The third-order valence-corrected chi connectivity index (χ3v) is 4.71. The van der Waals surface area contributed by atoms with Gasteiger partial charge in [-0.25, -0.2) is 21.9 Å². The average molecular weight is 290 g/mol. The summed E-state index contributed by atoms with van der Waals surface area (Å²) in [4.78, 5) is -0.903. The van der Waals surface area contributed by atoms with E-state index in [-0.39, 0.29) is 6.54 Å². The van der Waals surface area contributed by atoms with Gasteiger partial charge in [-0.05, 0) is 44.0 Å². The van der Waals surface area contributed by atoms with E-state index < -0.39 is 26.6 Å². The first-order chi connectivity index (χ1) is 9.00. The molecule has 106 valence electrons. The number of sulfonamides is 1. The van der Waals surface area contributed by atoms with Crippen molar-refractivity contribution >= 4 is 10.0 Å². The summed E-state index contributed by atoms with van der Waals surface area (Å²) in [5.41, 5.74) is 0. The summed E-state index contributed by atoms with van der Waals surface area (Å²) in [6.07, 6.45) is 1.65. The van der Waals surface area contributed by atoms with Gasteiger partial charge in [0.15, 0.2) is 4.90 Å². The van der Waals surface area contributed by atoms with Crippen molar-refractivity contribution in [2.45, 2.75) is 17.7 Å². The topological polar surface area (TPSA) is 58.2 Å². The molecule has 1 aromatic carbocycles. The van der Waals surface area contributed by atoms with Crippen LogP contribution in [0.4, 0.5) is 8.78 Å². The number of nitrogens with one attached hydrogen (secondary N) is 2. The van der Waals surface area contributed by atoms with Crippen LogP contribution in [0, 0.1) is 17.6 Å². The van der Waals surface area contributed by atoms with Gasteiger partial charge in [-0.2, -0.15) is 0 Å². The van der Waals surface area contributed by atoms with Crippen LogP contribution in [0.25, 0.3) is 0 Å². The molecule has 1 aliphatic rings. The Labute approximate surface area is 111 Å². The summed E-state index contributed by atoms with van der Waals surface area (Å²) in [7, 11) is -4.13. The van der Waals surface area contributed by atoms with E-state index in [0.717, 1.165) is 37.7 Å². The van der Waals surface area contributed by atoms with Crippen LogP contribution in [0.5, 0.6) is 0 Å². The Bertz CT molecular complexity index is 522. The number of benzene rings is 1. The summed E-state index contributed by atoms with van der Waals surface area (Å²) in [6, 6.07) is 2.99. The second-order valence-electron chi connectivity index (χ2n) is 4.60. The van der Waals surface area contributed by atoms with E-state index in [4.69, 9.17) is 0 Å². The lowest BCUT2D eigenvalue weighted by molar-refractivity contribution is 0.501. The number of hydrogen-bond acceptors (Lipinski definition) is 3. The van der Waals surface area contributed by atoms with Crippen molar-refractivity contribution in [1.82, 2.24) is 10.0 Å². The van der Waals surface area contributed by atoms with E-state index in [1.54, 1.807) is 0 Å². The molecule has 0 radical (unpaired) electrons. The Morgan fingerprint density at radius 3 is 2.58 bits per heavy atom. The number of hydrogen-bond donors (Lipinski definition) is 2. The molecule has 1 aromatic rings. The van der Waals surface area contributed by atoms with Gasteiger partial charge in [0.05, 0.1) is 0 Å². The van der Waals surface area contributed by atoms with Crippen molar-refractivity contribution < 1.29 is 17.2 Å². The van der Waals surface area contributed by atoms with Crippen LogP contribution < -0.4 is 10.0 Å². The van der Waals surface area contributed by atoms with Crippen LogP contribution >= 0.6 is 0 Å². The predicted molar refractivity (Wildman–Crippen MR) is 67.1 cm³/mol. The lowest BCUT2D eigenvalue weighted by atomic mass is 10.1. The zero-order valence-corrected chi connectivity index (χ0v) is 11.1. The maximum absolute atomic E-state index is 13.4. The standard InChI is InChI=1S/C12H16F2N2O2S/c13-10-2-1-3-11(14)12(10)19(17,18)16-7-5-9-4-6-15-8-9/h1-3,9,15-16H,4-8H2/t9-/m1/s1. The molecule has 1 atom stereocenters. The molecule has 1 saturated heterocycles. The third-order valence-electron chi connectivity index (χ3n) is 3.19. The van der Waals surface area contributed by atoms with E-state index in [1.165, 1.54) is 0 Å². The minimum atomic E-state index is -4.13. The normalized spacial score (nSPS) is 19.8.